The number of hydrogen-bond donors (Lipinski definition) is 0. The molecular weight excluding hydrogens is 289 g/mol. The first kappa shape index (κ1) is 9.93. The third kappa shape index (κ3) is 109. The van der Waals surface area contributed by atoms with E-state index in [1.54, 1.807) is 0 Å². The van der Waals surface area contributed by atoms with Crippen LogP contribution in [0.1, 0.15) is 0 Å². The predicted molar refractivity (Wildman–Crippen MR) is 5.75 cm³/mol. The van der Waals surface area contributed by atoms with Crippen molar-refractivity contribution in [2.75, 3.05) is 0 Å². The summed E-state index contributed by atoms with van der Waals surface area (Å²) in [5.41, 5.74) is 0. The van der Waals surface area contributed by atoms with Gasteiger partial charge >= 0.3 is 0 Å². The monoisotopic (exact) mass is 289 g/mol. The van der Waals surface area contributed by atoms with Gasteiger partial charge in [0.2, 0.25) is 0 Å². The Morgan fingerprint density at radius 3 is 0.833 bits per heavy atom. The Hall–Kier alpha value is 0.797. The molecule has 0 aromatic heterocycles. The maximum atomic E-state index is 8.58. The Bertz CT molecular complexity index is 23.0. The van der Waals surface area contributed by atoms with Gasteiger partial charge in [-0.15, -0.1) is 0 Å². The van der Waals surface area contributed by atoms with Gasteiger partial charge in [0.05, 0.1) is 0 Å². The molecule has 0 aromatic carbocycles. The summed E-state index contributed by atoms with van der Waals surface area (Å²) in [5, 5.41) is 0. The van der Waals surface area contributed by atoms with Crippen LogP contribution in [0.25, 0.3) is 0 Å². The third-order valence-corrected chi connectivity index (χ3v) is 0. The van der Waals surface area contributed by atoms with Gasteiger partial charge in [-0.2, -0.15) is 0 Å². The maximum absolute atomic E-state index is 8.58. The smallest absolute Gasteiger partial charge is 0 e. The minimum atomic E-state index is -5.61. The first-order chi connectivity index (χ1) is 2.00. The molecular formula is AuO4Si-4. The quantitative estimate of drug-likeness (QED) is 0.417. The molecule has 6 heavy (non-hydrogen) atoms. The fraction of sp³-hybridized carbons (Fsp3) is 0. The molecule has 0 fully saturated rings. The molecule has 0 atom stereocenters. The molecule has 0 heterocycles. The molecule has 0 rings (SSSR count). The summed E-state index contributed by atoms with van der Waals surface area (Å²) in [4.78, 5) is 34.3. The van der Waals surface area contributed by atoms with Crippen molar-refractivity contribution in [3.05, 3.63) is 0 Å². The molecule has 0 amide bonds. The average molecular weight is 289 g/mol. The van der Waals surface area contributed by atoms with E-state index in [9.17, 15) is 0 Å². The van der Waals surface area contributed by atoms with E-state index < -0.39 is 9.05 Å². The second-order valence-corrected chi connectivity index (χ2v) is 1.50. The van der Waals surface area contributed by atoms with E-state index in [0.717, 1.165) is 0 Å². The van der Waals surface area contributed by atoms with Crippen molar-refractivity contribution >= 4 is 9.05 Å². The largest absolute Gasteiger partial charge is 0.894 e. The summed E-state index contributed by atoms with van der Waals surface area (Å²) in [6, 6.07) is 0. The van der Waals surface area contributed by atoms with Crippen LogP contribution in [0.4, 0.5) is 0 Å². The first-order valence-corrected chi connectivity index (χ1v) is 2.45. The Kier molecular flexibility index (Phi) is 4.78. The van der Waals surface area contributed by atoms with Crippen LogP contribution in [0.2, 0.25) is 0 Å². The zero-order chi connectivity index (χ0) is 4.50. The molecule has 0 aliphatic heterocycles. The van der Waals surface area contributed by atoms with Gasteiger partial charge in [0.1, 0.15) is 0 Å². The summed E-state index contributed by atoms with van der Waals surface area (Å²) < 4.78 is 0. The van der Waals surface area contributed by atoms with E-state index in [1.807, 2.05) is 0 Å². The first-order valence-electron chi connectivity index (χ1n) is 0.816. The zero-order valence-electron chi connectivity index (χ0n) is 2.43. The topological polar surface area (TPSA) is 92.2 Å². The minimum absolute atomic E-state index is 0. The SMILES string of the molecule is [Au].[O-][Si]([O-])([O-])[O-]. The van der Waals surface area contributed by atoms with Crippen LogP contribution in [0.3, 0.4) is 0 Å². The molecule has 0 spiro atoms. The van der Waals surface area contributed by atoms with E-state index in [0.29, 0.717) is 0 Å². The van der Waals surface area contributed by atoms with Gasteiger partial charge in [0.25, 0.3) is 0 Å². The molecule has 0 saturated carbocycles. The van der Waals surface area contributed by atoms with Crippen LogP contribution in [0, 0.1) is 0 Å². The van der Waals surface area contributed by atoms with Gasteiger partial charge in [-0.25, -0.2) is 0 Å². The second-order valence-electron chi connectivity index (χ2n) is 0.500. The molecule has 0 unspecified atom stereocenters. The predicted octanol–water partition coefficient (Wildman–Crippen LogP) is -5.14. The van der Waals surface area contributed by atoms with Crippen LogP contribution in [-0.2, 0) is 22.4 Å². The van der Waals surface area contributed by atoms with Crippen LogP contribution in [-0.4, -0.2) is 9.05 Å². The second kappa shape index (κ2) is 2.89. The minimum Gasteiger partial charge on any atom is -0.894 e. The van der Waals surface area contributed by atoms with Crippen molar-refractivity contribution in [2.45, 2.75) is 0 Å². The molecule has 4 nitrogen and oxygen atoms in total. The Morgan fingerprint density at radius 2 is 0.833 bits per heavy atom. The summed E-state index contributed by atoms with van der Waals surface area (Å²) in [5.74, 6) is 0. The van der Waals surface area contributed by atoms with Crippen molar-refractivity contribution in [1.82, 2.24) is 0 Å². The van der Waals surface area contributed by atoms with Gasteiger partial charge in [-0.3, -0.25) is 0 Å². The van der Waals surface area contributed by atoms with Gasteiger partial charge in [-0.1, -0.05) is 0 Å². The summed E-state index contributed by atoms with van der Waals surface area (Å²) in [6.45, 7) is 0. The molecule has 0 N–H and O–H groups in total. The molecule has 0 aromatic rings. The summed E-state index contributed by atoms with van der Waals surface area (Å²) >= 11 is 0. The number of hydrogen-bond acceptors (Lipinski definition) is 4. The van der Waals surface area contributed by atoms with Crippen LogP contribution >= 0.6 is 0 Å². The van der Waals surface area contributed by atoms with E-state index in [2.05, 4.69) is 0 Å². The van der Waals surface area contributed by atoms with Crippen molar-refractivity contribution in [3.63, 3.8) is 0 Å². The maximum Gasteiger partial charge on any atom is 0 e. The van der Waals surface area contributed by atoms with E-state index in [-0.39, 0.29) is 22.4 Å². The molecule has 0 bridgehead atoms. The van der Waals surface area contributed by atoms with Crippen LogP contribution in [0.15, 0.2) is 0 Å². The van der Waals surface area contributed by atoms with Crippen LogP contribution < -0.4 is 19.2 Å². The van der Waals surface area contributed by atoms with Gasteiger partial charge < -0.3 is 28.2 Å². The zero-order valence-corrected chi connectivity index (χ0v) is 5.60. The molecule has 0 aliphatic carbocycles. The van der Waals surface area contributed by atoms with E-state index in [1.165, 1.54) is 0 Å². The Balaban J connectivity index is 0. The summed E-state index contributed by atoms with van der Waals surface area (Å²) in [6.07, 6.45) is 0. The average Bonchev–Trinajstić information content (AvgIpc) is 0.722. The Labute approximate surface area is 51.1 Å². The molecule has 43 valence electrons. The standard InChI is InChI=1S/Au.O4Si/c;1-5(2,3)4/q;-4. The molecule has 6 heteroatoms. The van der Waals surface area contributed by atoms with Crippen molar-refractivity contribution in [3.8, 4) is 0 Å². The van der Waals surface area contributed by atoms with E-state index >= 15 is 0 Å². The molecule has 1 radical (unpaired) electrons. The van der Waals surface area contributed by atoms with Gasteiger partial charge in [0, 0.05) is 22.4 Å². The van der Waals surface area contributed by atoms with Gasteiger partial charge in [-0.05, 0) is 0 Å². The summed E-state index contributed by atoms with van der Waals surface area (Å²) in [7, 11) is -5.61. The van der Waals surface area contributed by atoms with E-state index in [4.69, 9.17) is 19.2 Å². The van der Waals surface area contributed by atoms with Crippen molar-refractivity contribution in [1.29, 1.82) is 0 Å². The molecule has 0 aliphatic rings. The van der Waals surface area contributed by atoms with Crippen molar-refractivity contribution < 1.29 is 41.6 Å². The Morgan fingerprint density at radius 1 is 0.833 bits per heavy atom. The normalized spacial score (nSPS) is 10.0. The van der Waals surface area contributed by atoms with Crippen LogP contribution in [0.5, 0.6) is 0 Å². The third-order valence-electron chi connectivity index (χ3n) is 0. The van der Waals surface area contributed by atoms with Crippen molar-refractivity contribution in [2.24, 2.45) is 0 Å². The fourth-order valence-corrected chi connectivity index (χ4v) is 0. The fourth-order valence-electron chi connectivity index (χ4n) is 0. The number of rotatable bonds is 0. The van der Waals surface area contributed by atoms with Gasteiger partial charge in [0.15, 0.2) is 0 Å². The molecule has 0 saturated heterocycles.